The summed E-state index contributed by atoms with van der Waals surface area (Å²) in [7, 11) is 1.85. The smallest absolute Gasteiger partial charge is 0.336 e. The van der Waals surface area contributed by atoms with Crippen LogP contribution in [0.5, 0.6) is 0 Å². The molecule has 138 valence electrons. The van der Waals surface area contributed by atoms with Crippen LogP contribution in [0.1, 0.15) is 56.4 Å². The summed E-state index contributed by atoms with van der Waals surface area (Å²) >= 11 is 0. The number of rotatable bonds is 4. The zero-order valence-corrected chi connectivity index (χ0v) is 15.8. The first-order valence-electron chi connectivity index (χ1n) is 8.82. The highest BCUT2D eigenvalue weighted by Crippen LogP contribution is 2.45. The van der Waals surface area contributed by atoms with Crippen LogP contribution in [0.15, 0.2) is 35.5 Å². The van der Waals surface area contributed by atoms with Crippen LogP contribution in [0.4, 0.5) is 10.2 Å². The number of hydrogen-bond donors (Lipinski definition) is 1. The van der Waals surface area contributed by atoms with Gasteiger partial charge in [0.2, 0.25) is 0 Å². The van der Waals surface area contributed by atoms with Crippen molar-refractivity contribution in [3.05, 3.63) is 58.2 Å². The van der Waals surface area contributed by atoms with Crippen molar-refractivity contribution in [3.8, 4) is 0 Å². The molecule has 2 heterocycles. The summed E-state index contributed by atoms with van der Waals surface area (Å²) in [5.74, 6) is -0.429. The van der Waals surface area contributed by atoms with Crippen molar-refractivity contribution in [2.45, 2.75) is 39.5 Å². The van der Waals surface area contributed by atoms with Gasteiger partial charge in [-0.25, -0.2) is 9.18 Å². The number of carbonyl (C=O) groups is 1. The molecular formula is C20H24FN3O2. The number of nitrogens with zero attached hydrogens (tertiary/aromatic N) is 2. The van der Waals surface area contributed by atoms with Crippen LogP contribution in [0.3, 0.4) is 0 Å². The Hall–Kier alpha value is -2.63. The van der Waals surface area contributed by atoms with E-state index in [9.17, 15) is 9.18 Å². The lowest BCUT2D eigenvalue weighted by atomic mass is 9.80. The Morgan fingerprint density at radius 3 is 2.69 bits per heavy atom. The second-order valence-corrected chi connectivity index (χ2v) is 6.76. The Balaban J connectivity index is 2.30. The summed E-state index contributed by atoms with van der Waals surface area (Å²) < 4.78 is 21.8. The second-order valence-electron chi connectivity index (χ2n) is 6.76. The van der Waals surface area contributed by atoms with Crippen LogP contribution in [0.25, 0.3) is 0 Å². The number of benzene rings is 1. The zero-order valence-electron chi connectivity index (χ0n) is 15.8. The monoisotopic (exact) mass is 357 g/mol. The minimum atomic E-state index is -0.558. The summed E-state index contributed by atoms with van der Waals surface area (Å²) in [5.41, 5.74) is 3.22. The lowest BCUT2D eigenvalue weighted by Gasteiger charge is -2.29. The molecule has 1 aliphatic rings. The number of carbonyl (C=O) groups excluding carboxylic acids is 1. The average molecular weight is 357 g/mol. The van der Waals surface area contributed by atoms with Gasteiger partial charge in [0, 0.05) is 23.9 Å². The molecule has 0 spiro atoms. The first-order valence-corrected chi connectivity index (χ1v) is 8.82. The van der Waals surface area contributed by atoms with Gasteiger partial charge in [0.25, 0.3) is 0 Å². The number of ether oxygens (including phenoxy) is 1. The molecule has 0 bridgehead atoms. The van der Waals surface area contributed by atoms with Crippen molar-refractivity contribution in [1.82, 2.24) is 9.78 Å². The maximum Gasteiger partial charge on any atom is 0.336 e. The Morgan fingerprint density at radius 2 is 2.08 bits per heavy atom. The van der Waals surface area contributed by atoms with Gasteiger partial charge in [-0.1, -0.05) is 32.0 Å². The van der Waals surface area contributed by atoms with Crippen LogP contribution < -0.4 is 5.32 Å². The molecule has 1 aromatic carbocycles. The number of fused-ring (bicyclic) bond motifs is 1. The Morgan fingerprint density at radius 1 is 1.38 bits per heavy atom. The van der Waals surface area contributed by atoms with Gasteiger partial charge < -0.3 is 10.1 Å². The quantitative estimate of drug-likeness (QED) is 0.838. The van der Waals surface area contributed by atoms with E-state index in [1.54, 1.807) is 29.8 Å². The van der Waals surface area contributed by atoms with Crippen molar-refractivity contribution in [3.63, 3.8) is 0 Å². The third-order valence-electron chi connectivity index (χ3n) is 4.66. The molecule has 1 aliphatic heterocycles. The van der Waals surface area contributed by atoms with Gasteiger partial charge in [-0.2, -0.15) is 5.10 Å². The molecule has 5 nitrogen and oxygen atoms in total. The molecule has 1 unspecified atom stereocenters. The van der Waals surface area contributed by atoms with Crippen LogP contribution in [-0.4, -0.2) is 22.4 Å². The highest BCUT2D eigenvalue weighted by molar-refractivity contribution is 5.94. The van der Waals surface area contributed by atoms with Gasteiger partial charge in [-0.15, -0.1) is 0 Å². The highest BCUT2D eigenvalue weighted by atomic mass is 19.1. The number of anilines is 1. The molecule has 2 aromatic rings. The van der Waals surface area contributed by atoms with Crippen LogP contribution in [0.2, 0.25) is 0 Å². The summed E-state index contributed by atoms with van der Waals surface area (Å²) in [5, 5.41) is 7.89. The van der Waals surface area contributed by atoms with E-state index in [1.165, 1.54) is 6.07 Å². The van der Waals surface area contributed by atoms with E-state index in [1.807, 2.05) is 27.8 Å². The normalized spacial score (nSPS) is 16.5. The number of hydrogen-bond acceptors (Lipinski definition) is 4. The predicted molar refractivity (Wildman–Crippen MR) is 98.5 cm³/mol. The summed E-state index contributed by atoms with van der Waals surface area (Å²) in [4.78, 5) is 12.7. The Labute approximate surface area is 152 Å². The van der Waals surface area contributed by atoms with Crippen molar-refractivity contribution < 1.29 is 13.9 Å². The Kier molecular flexibility index (Phi) is 4.85. The largest absolute Gasteiger partial charge is 0.463 e. The topological polar surface area (TPSA) is 56.1 Å². The Bertz CT molecular complexity index is 883. The van der Waals surface area contributed by atoms with E-state index >= 15 is 0 Å². The van der Waals surface area contributed by atoms with Gasteiger partial charge in [0.15, 0.2) is 0 Å². The minimum absolute atomic E-state index is 0.128. The molecule has 0 saturated heterocycles. The number of esters is 1. The van der Waals surface area contributed by atoms with Gasteiger partial charge in [0.1, 0.15) is 11.6 Å². The molecule has 6 heteroatoms. The van der Waals surface area contributed by atoms with Gasteiger partial charge in [-0.05, 0) is 25.8 Å². The SMILES string of the molecule is CCOC(=O)C1=C(C)Nc2c(c(C(C)C)nn2C)C1c1ccccc1F. The van der Waals surface area contributed by atoms with Crippen LogP contribution in [-0.2, 0) is 16.6 Å². The minimum Gasteiger partial charge on any atom is -0.463 e. The van der Waals surface area contributed by atoms with Crippen molar-refractivity contribution in [2.24, 2.45) is 7.05 Å². The van der Waals surface area contributed by atoms with Crippen molar-refractivity contribution >= 4 is 11.8 Å². The lowest BCUT2D eigenvalue weighted by Crippen LogP contribution is -2.26. The van der Waals surface area contributed by atoms with E-state index in [0.717, 1.165) is 17.1 Å². The maximum atomic E-state index is 14.7. The molecule has 3 rings (SSSR count). The summed E-state index contributed by atoms with van der Waals surface area (Å²) in [6.45, 7) is 7.91. The average Bonchev–Trinajstić information content (AvgIpc) is 2.91. The zero-order chi connectivity index (χ0) is 19.0. The van der Waals surface area contributed by atoms with Crippen molar-refractivity contribution in [1.29, 1.82) is 0 Å². The van der Waals surface area contributed by atoms with E-state index in [4.69, 9.17) is 4.74 Å². The molecule has 1 N–H and O–H groups in total. The lowest BCUT2D eigenvalue weighted by molar-refractivity contribution is -0.138. The fourth-order valence-corrected chi connectivity index (χ4v) is 3.53. The third-order valence-corrected chi connectivity index (χ3v) is 4.66. The molecule has 0 amide bonds. The fraction of sp³-hybridized carbons (Fsp3) is 0.400. The molecule has 0 fully saturated rings. The molecular weight excluding hydrogens is 333 g/mol. The van der Waals surface area contributed by atoms with E-state index in [0.29, 0.717) is 16.8 Å². The van der Waals surface area contributed by atoms with Gasteiger partial charge in [-0.3, -0.25) is 4.68 Å². The highest BCUT2D eigenvalue weighted by Gasteiger charge is 2.39. The number of aromatic nitrogens is 2. The van der Waals surface area contributed by atoms with Crippen molar-refractivity contribution in [2.75, 3.05) is 11.9 Å². The van der Waals surface area contributed by atoms with Crippen LogP contribution >= 0.6 is 0 Å². The molecule has 1 atom stereocenters. The fourth-order valence-electron chi connectivity index (χ4n) is 3.53. The number of halogens is 1. The molecule has 0 saturated carbocycles. The standard InChI is InChI=1S/C20H24FN3O2/c1-6-26-20(25)15-12(4)22-19-17(18(11(2)3)23-24(19)5)16(15)13-9-7-8-10-14(13)21/h7-11,16,22H,6H2,1-5H3. The first-order chi connectivity index (χ1) is 12.4. The molecule has 1 aromatic heterocycles. The third kappa shape index (κ3) is 2.89. The van der Waals surface area contributed by atoms with Gasteiger partial charge in [0.05, 0.1) is 23.8 Å². The molecule has 0 aliphatic carbocycles. The summed E-state index contributed by atoms with van der Waals surface area (Å²) in [6, 6.07) is 6.57. The predicted octanol–water partition coefficient (Wildman–Crippen LogP) is 4.08. The number of aryl methyl sites for hydroxylation is 1. The number of allylic oxidation sites excluding steroid dienone is 1. The van der Waals surface area contributed by atoms with Gasteiger partial charge >= 0.3 is 5.97 Å². The van der Waals surface area contributed by atoms with Crippen LogP contribution in [0, 0.1) is 5.82 Å². The van der Waals surface area contributed by atoms with E-state index < -0.39 is 11.9 Å². The summed E-state index contributed by atoms with van der Waals surface area (Å²) in [6.07, 6.45) is 0. The number of nitrogens with one attached hydrogen (secondary N) is 1. The molecule has 0 radical (unpaired) electrons. The second kappa shape index (κ2) is 6.94. The van der Waals surface area contributed by atoms with E-state index in [2.05, 4.69) is 10.4 Å². The first kappa shape index (κ1) is 18.2. The maximum absolute atomic E-state index is 14.7. The molecule has 26 heavy (non-hydrogen) atoms. The van der Waals surface area contributed by atoms with E-state index in [-0.39, 0.29) is 18.3 Å².